The minimum atomic E-state index is -0.838. The summed E-state index contributed by atoms with van der Waals surface area (Å²) in [4.78, 5) is 34.6. The molecule has 0 bridgehead atoms. The van der Waals surface area contributed by atoms with Crippen molar-refractivity contribution in [3.63, 3.8) is 0 Å². The molecule has 0 fully saturated rings. The van der Waals surface area contributed by atoms with Crippen LogP contribution in [0.2, 0.25) is 0 Å². The molecular formula is C13H17N3O4. The van der Waals surface area contributed by atoms with Crippen LogP contribution in [0.15, 0.2) is 23.7 Å². The van der Waals surface area contributed by atoms with Gasteiger partial charge in [-0.05, 0) is 26.3 Å². The van der Waals surface area contributed by atoms with Gasteiger partial charge >= 0.3 is 12.1 Å². The van der Waals surface area contributed by atoms with Gasteiger partial charge in [0.05, 0.1) is 7.11 Å². The number of nitrogens with zero attached hydrogens (tertiary/aromatic N) is 3. The highest BCUT2D eigenvalue weighted by Gasteiger charge is 2.19. The van der Waals surface area contributed by atoms with Crippen molar-refractivity contribution in [3.05, 3.63) is 24.3 Å². The normalized spacial score (nSPS) is 11.9. The molecule has 1 aromatic rings. The molecule has 1 aromatic heterocycles. The number of aromatic nitrogens is 2. The molecule has 0 aliphatic rings. The van der Waals surface area contributed by atoms with Crippen molar-refractivity contribution in [3.8, 4) is 0 Å². The first kappa shape index (κ1) is 15.7. The number of amides is 1. The molecule has 1 heterocycles. The lowest BCUT2D eigenvalue weighted by atomic mass is 10.1. The SMILES string of the molecule is COC(=O)C(Cc1cncnc1)=NC(=O)OC(C)(C)C. The maximum Gasteiger partial charge on any atom is 0.434 e. The van der Waals surface area contributed by atoms with Crippen LogP contribution in [-0.2, 0) is 20.7 Å². The van der Waals surface area contributed by atoms with Crippen LogP contribution in [0.1, 0.15) is 26.3 Å². The predicted molar refractivity (Wildman–Crippen MR) is 71.4 cm³/mol. The molecule has 7 nitrogen and oxygen atoms in total. The quantitative estimate of drug-likeness (QED) is 0.616. The second kappa shape index (κ2) is 6.74. The van der Waals surface area contributed by atoms with Gasteiger partial charge in [-0.25, -0.2) is 19.6 Å². The Morgan fingerprint density at radius 1 is 1.25 bits per heavy atom. The van der Waals surface area contributed by atoms with Gasteiger partial charge in [-0.2, -0.15) is 4.99 Å². The van der Waals surface area contributed by atoms with Crippen LogP contribution in [0.4, 0.5) is 4.79 Å². The smallest absolute Gasteiger partial charge is 0.434 e. The Labute approximate surface area is 117 Å². The molecule has 0 unspecified atom stereocenters. The number of aliphatic imine (C=N–C) groups is 1. The fourth-order valence-electron chi connectivity index (χ4n) is 1.28. The van der Waals surface area contributed by atoms with E-state index in [-0.39, 0.29) is 12.1 Å². The van der Waals surface area contributed by atoms with Crippen LogP contribution >= 0.6 is 0 Å². The van der Waals surface area contributed by atoms with E-state index in [2.05, 4.69) is 19.7 Å². The van der Waals surface area contributed by atoms with Crippen molar-refractivity contribution in [2.24, 2.45) is 4.99 Å². The standard InChI is InChI=1S/C13H17N3O4/c1-13(2,3)20-12(18)16-10(11(17)19-4)5-9-6-14-8-15-7-9/h6-8H,5H2,1-4H3. The first-order valence-electron chi connectivity index (χ1n) is 5.94. The number of carbonyl (C=O) groups is 2. The molecule has 7 heteroatoms. The maximum absolute atomic E-state index is 11.6. The average molecular weight is 279 g/mol. The molecule has 0 saturated carbocycles. The Balaban J connectivity index is 2.90. The van der Waals surface area contributed by atoms with Gasteiger partial charge in [-0.3, -0.25) is 0 Å². The summed E-state index contributed by atoms with van der Waals surface area (Å²) < 4.78 is 9.63. The molecule has 0 saturated heterocycles. The molecule has 0 aliphatic heterocycles. The van der Waals surface area contributed by atoms with Crippen LogP contribution in [0, 0.1) is 0 Å². The number of esters is 1. The molecule has 0 spiro atoms. The highest BCUT2D eigenvalue weighted by atomic mass is 16.6. The second-order valence-electron chi connectivity index (χ2n) is 4.95. The lowest BCUT2D eigenvalue weighted by Gasteiger charge is -2.17. The van der Waals surface area contributed by atoms with Crippen LogP contribution in [0.3, 0.4) is 0 Å². The van der Waals surface area contributed by atoms with Crippen molar-refractivity contribution >= 4 is 17.8 Å². The van der Waals surface area contributed by atoms with Gasteiger partial charge in [0, 0.05) is 18.8 Å². The first-order valence-corrected chi connectivity index (χ1v) is 5.94. The van der Waals surface area contributed by atoms with E-state index in [1.54, 1.807) is 20.8 Å². The molecule has 1 rings (SSSR count). The third kappa shape index (κ3) is 5.55. The predicted octanol–water partition coefficient (Wildman–Crippen LogP) is 1.57. The molecule has 0 radical (unpaired) electrons. The zero-order chi connectivity index (χ0) is 15.2. The van der Waals surface area contributed by atoms with Crippen molar-refractivity contribution in [2.75, 3.05) is 7.11 Å². The van der Waals surface area contributed by atoms with Crippen molar-refractivity contribution in [1.82, 2.24) is 9.97 Å². The van der Waals surface area contributed by atoms with Crippen molar-refractivity contribution in [2.45, 2.75) is 32.8 Å². The molecular weight excluding hydrogens is 262 g/mol. The van der Waals surface area contributed by atoms with Gasteiger partial charge in [0.1, 0.15) is 17.6 Å². The van der Waals surface area contributed by atoms with Crippen molar-refractivity contribution < 1.29 is 19.1 Å². The Hall–Kier alpha value is -2.31. The van der Waals surface area contributed by atoms with E-state index >= 15 is 0 Å². The number of hydrogen-bond donors (Lipinski definition) is 0. The monoisotopic (exact) mass is 279 g/mol. The van der Waals surface area contributed by atoms with E-state index in [1.807, 2.05) is 0 Å². The molecule has 0 atom stereocenters. The van der Waals surface area contributed by atoms with E-state index in [0.29, 0.717) is 5.56 Å². The summed E-state index contributed by atoms with van der Waals surface area (Å²) in [5.41, 5.74) is -0.103. The lowest BCUT2D eigenvalue weighted by Crippen LogP contribution is -2.25. The summed E-state index contributed by atoms with van der Waals surface area (Å²) in [5.74, 6) is -0.695. The minimum Gasteiger partial charge on any atom is -0.465 e. The van der Waals surface area contributed by atoms with Crippen LogP contribution < -0.4 is 0 Å². The third-order valence-corrected chi connectivity index (χ3v) is 2.03. The van der Waals surface area contributed by atoms with Gasteiger partial charge < -0.3 is 9.47 Å². The molecule has 0 N–H and O–H groups in total. The average Bonchev–Trinajstić information content (AvgIpc) is 2.36. The molecule has 20 heavy (non-hydrogen) atoms. The Morgan fingerprint density at radius 3 is 2.35 bits per heavy atom. The number of ether oxygens (including phenoxy) is 2. The van der Waals surface area contributed by atoms with E-state index in [0.717, 1.165) is 0 Å². The molecule has 1 amide bonds. The van der Waals surface area contributed by atoms with E-state index in [9.17, 15) is 9.59 Å². The maximum atomic E-state index is 11.6. The highest BCUT2D eigenvalue weighted by molar-refractivity contribution is 6.38. The van der Waals surface area contributed by atoms with Gasteiger partial charge in [-0.1, -0.05) is 0 Å². The molecule has 108 valence electrons. The largest absolute Gasteiger partial charge is 0.465 e. The summed E-state index contributed by atoms with van der Waals surface area (Å²) in [6.07, 6.45) is 3.68. The third-order valence-electron chi connectivity index (χ3n) is 2.03. The van der Waals surface area contributed by atoms with Crippen molar-refractivity contribution in [1.29, 1.82) is 0 Å². The van der Waals surface area contributed by atoms with E-state index < -0.39 is 17.7 Å². The number of rotatable bonds is 3. The summed E-state index contributed by atoms with van der Waals surface area (Å²) in [5, 5.41) is 0. The fourth-order valence-corrected chi connectivity index (χ4v) is 1.28. The number of methoxy groups -OCH3 is 1. The first-order chi connectivity index (χ1) is 9.31. The van der Waals surface area contributed by atoms with Gasteiger partial charge in [-0.15, -0.1) is 0 Å². The number of carbonyl (C=O) groups excluding carboxylic acids is 2. The Morgan fingerprint density at radius 2 is 1.85 bits per heavy atom. The van der Waals surface area contributed by atoms with Crippen LogP contribution in [-0.4, -0.2) is 40.5 Å². The summed E-state index contributed by atoms with van der Waals surface area (Å²) >= 11 is 0. The van der Waals surface area contributed by atoms with Gasteiger partial charge in [0.15, 0.2) is 0 Å². The van der Waals surface area contributed by atoms with E-state index in [1.165, 1.54) is 25.8 Å². The second-order valence-corrected chi connectivity index (χ2v) is 4.95. The zero-order valence-electron chi connectivity index (χ0n) is 11.9. The topological polar surface area (TPSA) is 90.7 Å². The Bertz CT molecular complexity index is 506. The number of hydrogen-bond acceptors (Lipinski definition) is 6. The molecule has 0 aromatic carbocycles. The fraction of sp³-hybridized carbons (Fsp3) is 0.462. The molecule has 0 aliphatic carbocycles. The summed E-state index contributed by atoms with van der Waals surface area (Å²) in [6, 6.07) is 0. The highest BCUT2D eigenvalue weighted by Crippen LogP contribution is 2.09. The summed E-state index contributed by atoms with van der Waals surface area (Å²) in [7, 11) is 1.22. The summed E-state index contributed by atoms with van der Waals surface area (Å²) in [6.45, 7) is 5.13. The van der Waals surface area contributed by atoms with Crippen LogP contribution in [0.25, 0.3) is 0 Å². The zero-order valence-corrected chi connectivity index (χ0v) is 11.9. The minimum absolute atomic E-state index is 0.0587. The van der Waals surface area contributed by atoms with E-state index in [4.69, 9.17) is 4.74 Å². The lowest BCUT2D eigenvalue weighted by molar-refractivity contribution is -0.132. The van der Waals surface area contributed by atoms with Gasteiger partial charge in [0.2, 0.25) is 0 Å². The van der Waals surface area contributed by atoms with Gasteiger partial charge in [0.25, 0.3) is 0 Å². The van der Waals surface area contributed by atoms with Crippen LogP contribution in [0.5, 0.6) is 0 Å². The Kier molecular flexibility index (Phi) is 5.31.